The summed E-state index contributed by atoms with van der Waals surface area (Å²) in [6, 6.07) is 8.54. The molecule has 0 bridgehead atoms. The number of hydrogen-bond donors (Lipinski definition) is 2. The maximum Gasteiger partial charge on any atom is 0.0684 e. The molecular weight excluding hydrogens is 242 g/mol. The number of thioether (sulfide) groups is 1. The Kier molecular flexibility index (Phi) is 5.39. The van der Waals surface area contributed by atoms with Gasteiger partial charge in [0.25, 0.3) is 0 Å². The van der Waals surface area contributed by atoms with Crippen LogP contribution >= 0.6 is 11.8 Å². The normalized spacial score (nSPS) is 18.6. The van der Waals surface area contributed by atoms with Crippen LogP contribution in [0.25, 0.3) is 0 Å². The SMILES string of the molecule is CC(O)CNc1cccc(SC2CCCCC2)c1. The molecule has 1 fully saturated rings. The van der Waals surface area contributed by atoms with Gasteiger partial charge in [-0.15, -0.1) is 11.8 Å². The van der Waals surface area contributed by atoms with E-state index in [4.69, 9.17) is 0 Å². The van der Waals surface area contributed by atoms with Gasteiger partial charge in [-0.1, -0.05) is 25.3 Å². The Morgan fingerprint density at radius 1 is 1.33 bits per heavy atom. The minimum atomic E-state index is -0.306. The monoisotopic (exact) mass is 265 g/mol. The number of benzene rings is 1. The van der Waals surface area contributed by atoms with Gasteiger partial charge in [-0.3, -0.25) is 0 Å². The lowest BCUT2D eigenvalue weighted by molar-refractivity contribution is 0.208. The predicted octanol–water partition coefficient (Wildman–Crippen LogP) is 3.90. The molecule has 2 rings (SSSR count). The van der Waals surface area contributed by atoms with E-state index < -0.39 is 0 Å². The van der Waals surface area contributed by atoms with Crippen molar-refractivity contribution >= 4 is 17.4 Å². The molecule has 0 amide bonds. The molecule has 1 atom stereocenters. The van der Waals surface area contributed by atoms with Crippen LogP contribution in [0.1, 0.15) is 39.0 Å². The number of nitrogens with one attached hydrogen (secondary N) is 1. The van der Waals surface area contributed by atoms with Gasteiger partial charge in [0.15, 0.2) is 0 Å². The first kappa shape index (κ1) is 13.8. The first-order valence-electron chi connectivity index (χ1n) is 6.93. The van der Waals surface area contributed by atoms with Gasteiger partial charge in [0, 0.05) is 22.4 Å². The highest BCUT2D eigenvalue weighted by Gasteiger charge is 2.14. The van der Waals surface area contributed by atoms with Crippen molar-refractivity contribution in [2.75, 3.05) is 11.9 Å². The van der Waals surface area contributed by atoms with Crippen molar-refractivity contribution < 1.29 is 5.11 Å². The second-order valence-electron chi connectivity index (χ2n) is 5.14. The van der Waals surface area contributed by atoms with Gasteiger partial charge in [0.2, 0.25) is 0 Å². The zero-order valence-corrected chi connectivity index (χ0v) is 11.9. The average molecular weight is 265 g/mol. The molecular formula is C15H23NOS. The molecule has 1 aliphatic carbocycles. The van der Waals surface area contributed by atoms with Crippen LogP contribution in [0, 0.1) is 0 Å². The molecule has 2 N–H and O–H groups in total. The van der Waals surface area contributed by atoms with E-state index in [9.17, 15) is 5.11 Å². The molecule has 1 unspecified atom stereocenters. The largest absolute Gasteiger partial charge is 0.392 e. The van der Waals surface area contributed by atoms with Gasteiger partial charge in [0.05, 0.1) is 6.10 Å². The van der Waals surface area contributed by atoms with Crippen molar-refractivity contribution in [3.05, 3.63) is 24.3 Å². The quantitative estimate of drug-likeness (QED) is 0.846. The van der Waals surface area contributed by atoms with Crippen molar-refractivity contribution in [1.82, 2.24) is 0 Å². The first-order chi connectivity index (χ1) is 8.74. The molecule has 0 aliphatic heterocycles. The van der Waals surface area contributed by atoms with Crippen molar-refractivity contribution in [1.29, 1.82) is 0 Å². The summed E-state index contributed by atoms with van der Waals surface area (Å²) < 4.78 is 0. The molecule has 1 aliphatic rings. The minimum absolute atomic E-state index is 0.306. The molecule has 0 saturated heterocycles. The van der Waals surface area contributed by atoms with E-state index in [-0.39, 0.29) is 6.10 Å². The molecule has 1 aromatic carbocycles. The predicted molar refractivity (Wildman–Crippen MR) is 79.3 cm³/mol. The Labute approximate surface area is 114 Å². The molecule has 0 spiro atoms. The average Bonchev–Trinajstić information content (AvgIpc) is 2.38. The number of anilines is 1. The molecule has 2 nitrogen and oxygen atoms in total. The summed E-state index contributed by atoms with van der Waals surface area (Å²) in [5.74, 6) is 0. The number of hydrogen-bond acceptors (Lipinski definition) is 3. The van der Waals surface area contributed by atoms with Crippen LogP contribution in [0.5, 0.6) is 0 Å². The van der Waals surface area contributed by atoms with Crippen LogP contribution in [0.15, 0.2) is 29.2 Å². The summed E-state index contributed by atoms with van der Waals surface area (Å²) in [5.41, 5.74) is 1.11. The summed E-state index contributed by atoms with van der Waals surface area (Å²) in [6.45, 7) is 2.41. The minimum Gasteiger partial charge on any atom is -0.392 e. The number of aliphatic hydroxyl groups is 1. The first-order valence-corrected chi connectivity index (χ1v) is 7.80. The summed E-state index contributed by atoms with van der Waals surface area (Å²) in [7, 11) is 0. The van der Waals surface area contributed by atoms with Crippen LogP contribution in [0.4, 0.5) is 5.69 Å². The second-order valence-corrected chi connectivity index (χ2v) is 6.51. The third-order valence-corrected chi connectivity index (χ3v) is 4.62. The van der Waals surface area contributed by atoms with E-state index in [1.807, 2.05) is 11.8 Å². The van der Waals surface area contributed by atoms with E-state index in [1.165, 1.54) is 37.0 Å². The van der Waals surface area contributed by atoms with Crippen molar-refractivity contribution in [3.63, 3.8) is 0 Å². The van der Waals surface area contributed by atoms with E-state index in [0.717, 1.165) is 10.9 Å². The Morgan fingerprint density at radius 2 is 2.11 bits per heavy atom. The topological polar surface area (TPSA) is 32.3 Å². The van der Waals surface area contributed by atoms with Gasteiger partial charge in [-0.25, -0.2) is 0 Å². The standard InChI is InChI=1S/C15H23NOS/c1-12(17)11-16-13-6-5-9-15(10-13)18-14-7-3-2-4-8-14/h5-6,9-10,12,14,16-17H,2-4,7-8,11H2,1H3. The van der Waals surface area contributed by atoms with Crippen LogP contribution in [0.2, 0.25) is 0 Å². The highest BCUT2D eigenvalue weighted by atomic mass is 32.2. The molecule has 0 radical (unpaired) electrons. The Morgan fingerprint density at radius 3 is 2.83 bits per heavy atom. The second kappa shape index (κ2) is 7.05. The molecule has 1 saturated carbocycles. The molecule has 18 heavy (non-hydrogen) atoms. The van der Waals surface area contributed by atoms with Crippen molar-refractivity contribution in [3.8, 4) is 0 Å². The fraction of sp³-hybridized carbons (Fsp3) is 0.600. The van der Waals surface area contributed by atoms with E-state index in [1.54, 1.807) is 6.92 Å². The summed E-state index contributed by atoms with van der Waals surface area (Å²) in [5, 5.41) is 13.3. The number of rotatable bonds is 5. The van der Waals surface area contributed by atoms with Crippen LogP contribution in [-0.4, -0.2) is 23.0 Å². The molecule has 0 heterocycles. The summed E-state index contributed by atoms with van der Waals surface area (Å²) in [4.78, 5) is 1.34. The lowest BCUT2D eigenvalue weighted by Gasteiger charge is -2.21. The van der Waals surface area contributed by atoms with Crippen LogP contribution in [0.3, 0.4) is 0 Å². The maximum absolute atomic E-state index is 9.28. The number of aliphatic hydroxyl groups excluding tert-OH is 1. The van der Waals surface area contributed by atoms with E-state index in [0.29, 0.717) is 6.54 Å². The van der Waals surface area contributed by atoms with Gasteiger partial charge >= 0.3 is 0 Å². The third kappa shape index (κ3) is 4.54. The Hall–Kier alpha value is -0.670. The molecule has 1 aromatic rings. The lowest BCUT2D eigenvalue weighted by atomic mass is 10.0. The third-order valence-electron chi connectivity index (χ3n) is 3.29. The van der Waals surface area contributed by atoms with Crippen molar-refractivity contribution in [2.45, 2.75) is 55.3 Å². The molecule has 3 heteroatoms. The zero-order chi connectivity index (χ0) is 12.8. The molecule has 100 valence electrons. The van der Waals surface area contributed by atoms with Crippen molar-refractivity contribution in [2.24, 2.45) is 0 Å². The summed E-state index contributed by atoms with van der Waals surface area (Å²) in [6.07, 6.45) is 6.59. The van der Waals surface area contributed by atoms with Crippen LogP contribution in [-0.2, 0) is 0 Å². The maximum atomic E-state index is 9.28. The molecule has 0 aromatic heterocycles. The van der Waals surface area contributed by atoms with E-state index in [2.05, 4.69) is 29.6 Å². The Bertz CT molecular complexity index is 361. The highest BCUT2D eigenvalue weighted by Crippen LogP contribution is 2.34. The van der Waals surface area contributed by atoms with Crippen LogP contribution < -0.4 is 5.32 Å². The zero-order valence-electron chi connectivity index (χ0n) is 11.1. The van der Waals surface area contributed by atoms with Gasteiger partial charge in [0.1, 0.15) is 0 Å². The lowest BCUT2D eigenvalue weighted by Crippen LogP contribution is -2.15. The Balaban J connectivity index is 1.89. The fourth-order valence-corrected chi connectivity index (χ4v) is 3.63. The highest BCUT2D eigenvalue weighted by molar-refractivity contribution is 8.00. The smallest absolute Gasteiger partial charge is 0.0684 e. The van der Waals surface area contributed by atoms with Gasteiger partial charge < -0.3 is 10.4 Å². The summed E-state index contributed by atoms with van der Waals surface area (Å²) >= 11 is 2.01. The van der Waals surface area contributed by atoms with E-state index >= 15 is 0 Å². The fourth-order valence-electron chi connectivity index (χ4n) is 2.32. The van der Waals surface area contributed by atoms with Gasteiger partial charge in [-0.05, 0) is 38.0 Å². The van der Waals surface area contributed by atoms with Gasteiger partial charge in [-0.2, -0.15) is 0 Å².